The van der Waals surface area contributed by atoms with Gasteiger partial charge in [-0.3, -0.25) is 4.79 Å². The Bertz CT molecular complexity index is 870. The Kier molecular flexibility index (Phi) is 5.54. The van der Waals surface area contributed by atoms with Gasteiger partial charge in [-0.1, -0.05) is 34.4 Å². The lowest BCUT2D eigenvalue weighted by Crippen LogP contribution is -2.28. The van der Waals surface area contributed by atoms with Crippen molar-refractivity contribution < 1.29 is 19.1 Å². The van der Waals surface area contributed by atoms with E-state index >= 15 is 0 Å². The van der Waals surface area contributed by atoms with Gasteiger partial charge >= 0.3 is 0 Å². The largest absolute Gasteiger partial charge is 0.493 e. The molecular formula is C18H16Cl2N2O4. The third-order valence-electron chi connectivity index (χ3n) is 3.87. The fourth-order valence-corrected chi connectivity index (χ4v) is 2.80. The molecule has 136 valence electrons. The minimum atomic E-state index is -0.729. The molecule has 0 radical (unpaired) electrons. The number of carbonyl (C=O) groups excluding carboxylic acids is 1. The highest BCUT2D eigenvalue weighted by Crippen LogP contribution is 2.30. The Labute approximate surface area is 160 Å². The standard InChI is InChI=1S/C18H16Cl2N2O4/c1-24-15-6-4-11(8-16(15)25-2)21-18(23)17-9-14(22-26-17)10-3-5-12(19)13(20)7-10/h3-8,17H,9H2,1-2H3,(H,21,23)/t17-/m0/s1. The summed E-state index contributed by atoms with van der Waals surface area (Å²) in [5, 5.41) is 7.65. The van der Waals surface area contributed by atoms with Gasteiger partial charge in [0, 0.05) is 23.7 Å². The predicted molar refractivity (Wildman–Crippen MR) is 101 cm³/mol. The smallest absolute Gasteiger partial charge is 0.268 e. The van der Waals surface area contributed by atoms with E-state index in [4.69, 9.17) is 37.5 Å². The van der Waals surface area contributed by atoms with Crippen LogP contribution in [0.2, 0.25) is 10.0 Å². The molecule has 8 heteroatoms. The summed E-state index contributed by atoms with van der Waals surface area (Å²) in [6, 6.07) is 10.3. The molecule has 1 heterocycles. The average molecular weight is 395 g/mol. The van der Waals surface area contributed by atoms with E-state index in [1.165, 1.54) is 7.11 Å². The number of hydrogen-bond donors (Lipinski definition) is 1. The van der Waals surface area contributed by atoms with Gasteiger partial charge in [0.15, 0.2) is 11.5 Å². The zero-order chi connectivity index (χ0) is 18.7. The molecule has 0 bridgehead atoms. The Morgan fingerprint density at radius 1 is 1.12 bits per heavy atom. The Balaban J connectivity index is 1.66. The number of nitrogens with zero attached hydrogens (tertiary/aromatic N) is 1. The van der Waals surface area contributed by atoms with E-state index in [1.807, 2.05) is 0 Å². The topological polar surface area (TPSA) is 69.2 Å². The average Bonchev–Trinajstić information content (AvgIpc) is 3.14. The molecule has 1 N–H and O–H groups in total. The van der Waals surface area contributed by atoms with Crippen LogP contribution in [0.15, 0.2) is 41.6 Å². The van der Waals surface area contributed by atoms with Crippen molar-refractivity contribution in [2.24, 2.45) is 5.16 Å². The summed E-state index contributed by atoms with van der Waals surface area (Å²) in [7, 11) is 3.07. The molecule has 6 nitrogen and oxygen atoms in total. The Morgan fingerprint density at radius 3 is 2.58 bits per heavy atom. The number of benzene rings is 2. The van der Waals surface area contributed by atoms with Crippen molar-refractivity contribution in [3.05, 3.63) is 52.0 Å². The van der Waals surface area contributed by atoms with E-state index in [-0.39, 0.29) is 5.91 Å². The number of halogens is 2. The molecule has 1 amide bonds. The Morgan fingerprint density at radius 2 is 1.88 bits per heavy atom. The molecule has 0 aliphatic carbocycles. The number of oxime groups is 1. The SMILES string of the molecule is COc1ccc(NC(=O)[C@@H]2CC(c3ccc(Cl)c(Cl)c3)=NO2)cc1OC. The highest BCUT2D eigenvalue weighted by molar-refractivity contribution is 6.42. The molecule has 3 rings (SSSR count). The predicted octanol–water partition coefficient (Wildman–Crippen LogP) is 4.14. The van der Waals surface area contributed by atoms with E-state index in [1.54, 1.807) is 43.5 Å². The van der Waals surface area contributed by atoms with Crippen molar-refractivity contribution in [2.75, 3.05) is 19.5 Å². The summed E-state index contributed by atoms with van der Waals surface area (Å²) in [6.07, 6.45) is -0.399. The fraction of sp³-hybridized carbons (Fsp3) is 0.222. The van der Waals surface area contributed by atoms with E-state index in [0.29, 0.717) is 39.4 Å². The van der Waals surface area contributed by atoms with E-state index in [2.05, 4.69) is 10.5 Å². The number of methoxy groups -OCH3 is 2. The van der Waals surface area contributed by atoms with Crippen LogP contribution in [-0.2, 0) is 9.63 Å². The van der Waals surface area contributed by atoms with Crippen LogP contribution in [0.5, 0.6) is 11.5 Å². The summed E-state index contributed by atoms with van der Waals surface area (Å²) < 4.78 is 10.4. The number of ether oxygens (including phenoxy) is 2. The molecule has 1 aliphatic rings. The zero-order valence-electron chi connectivity index (χ0n) is 14.1. The normalized spacial score (nSPS) is 15.8. The number of anilines is 1. The highest BCUT2D eigenvalue weighted by Gasteiger charge is 2.29. The van der Waals surface area contributed by atoms with Gasteiger partial charge in [-0.2, -0.15) is 0 Å². The zero-order valence-corrected chi connectivity index (χ0v) is 15.6. The molecule has 1 atom stereocenters. The first kappa shape index (κ1) is 18.4. The number of carbonyl (C=O) groups is 1. The molecule has 0 spiro atoms. The van der Waals surface area contributed by atoms with Crippen molar-refractivity contribution in [3.63, 3.8) is 0 Å². The lowest BCUT2D eigenvalue weighted by atomic mass is 10.0. The van der Waals surface area contributed by atoms with Crippen LogP contribution < -0.4 is 14.8 Å². The first-order chi connectivity index (χ1) is 12.5. The summed E-state index contributed by atoms with van der Waals surface area (Å²) >= 11 is 11.9. The lowest BCUT2D eigenvalue weighted by molar-refractivity contribution is -0.125. The number of nitrogens with one attached hydrogen (secondary N) is 1. The van der Waals surface area contributed by atoms with Crippen LogP contribution in [0, 0.1) is 0 Å². The molecule has 1 aliphatic heterocycles. The molecule has 0 aromatic heterocycles. The summed E-state index contributed by atoms with van der Waals surface area (Å²) in [5.41, 5.74) is 1.97. The van der Waals surface area contributed by atoms with Gasteiger partial charge in [-0.05, 0) is 24.3 Å². The molecule has 0 saturated heterocycles. The first-order valence-electron chi connectivity index (χ1n) is 7.73. The van der Waals surface area contributed by atoms with Crippen LogP contribution >= 0.6 is 23.2 Å². The second kappa shape index (κ2) is 7.85. The molecule has 0 saturated carbocycles. The van der Waals surface area contributed by atoms with Crippen molar-refractivity contribution in [1.29, 1.82) is 0 Å². The van der Waals surface area contributed by atoms with Crippen LogP contribution in [-0.4, -0.2) is 31.9 Å². The third-order valence-corrected chi connectivity index (χ3v) is 4.60. The van der Waals surface area contributed by atoms with Gasteiger partial charge in [0.25, 0.3) is 5.91 Å². The maximum atomic E-state index is 12.4. The van der Waals surface area contributed by atoms with Crippen molar-refractivity contribution >= 4 is 40.5 Å². The fourth-order valence-electron chi connectivity index (χ4n) is 2.50. The van der Waals surface area contributed by atoms with Gasteiger partial charge in [-0.25, -0.2) is 0 Å². The first-order valence-corrected chi connectivity index (χ1v) is 8.48. The van der Waals surface area contributed by atoms with Gasteiger partial charge in [0.1, 0.15) is 0 Å². The second-order valence-electron chi connectivity index (χ2n) is 5.52. The minimum Gasteiger partial charge on any atom is -0.493 e. The van der Waals surface area contributed by atoms with Gasteiger partial charge < -0.3 is 19.6 Å². The quantitative estimate of drug-likeness (QED) is 0.826. The molecular weight excluding hydrogens is 379 g/mol. The summed E-state index contributed by atoms with van der Waals surface area (Å²) in [6.45, 7) is 0. The van der Waals surface area contributed by atoms with Crippen LogP contribution in [0.25, 0.3) is 0 Å². The number of amides is 1. The van der Waals surface area contributed by atoms with Gasteiger partial charge in [0.05, 0.1) is 30.0 Å². The maximum Gasteiger partial charge on any atom is 0.268 e. The van der Waals surface area contributed by atoms with Gasteiger partial charge in [0.2, 0.25) is 6.10 Å². The van der Waals surface area contributed by atoms with Crippen LogP contribution in [0.3, 0.4) is 0 Å². The number of rotatable bonds is 5. The van der Waals surface area contributed by atoms with E-state index < -0.39 is 6.10 Å². The molecule has 2 aromatic rings. The van der Waals surface area contributed by atoms with Crippen molar-refractivity contribution in [2.45, 2.75) is 12.5 Å². The van der Waals surface area contributed by atoms with E-state index in [9.17, 15) is 4.79 Å². The summed E-state index contributed by atoms with van der Waals surface area (Å²) in [5.74, 6) is 0.786. The molecule has 26 heavy (non-hydrogen) atoms. The van der Waals surface area contributed by atoms with E-state index in [0.717, 1.165) is 5.56 Å². The Hall–Kier alpha value is -2.44. The maximum absolute atomic E-state index is 12.4. The molecule has 2 aromatic carbocycles. The third kappa shape index (κ3) is 3.86. The highest BCUT2D eigenvalue weighted by atomic mass is 35.5. The summed E-state index contributed by atoms with van der Waals surface area (Å²) in [4.78, 5) is 17.7. The lowest BCUT2D eigenvalue weighted by Gasteiger charge is -2.12. The van der Waals surface area contributed by atoms with Crippen LogP contribution in [0.1, 0.15) is 12.0 Å². The van der Waals surface area contributed by atoms with Crippen LogP contribution in [0.4, 0.5) is 5.69 Å². The molecule has 0 unspecified atom stereocenters. The monoisotopic (exact) mass is 394 g/mol. The molecule has 0 fully saturated rings. The number of hydrogen-bond acceptors (Lipinski definition) is 5. The van der Waals surface area contributed by atoms with Crippen molar-refractivity contribution in [3.8, 4) is 11.5 Å². The van der Waals surface area contributed by atoms with Crippen molar-refractivity contribution in [1.82, 2.24) is 0 Å². The second-order valence-corrected chi connectivity index (χ2v) is 6.34. The minimum absolute atomic E-state index is 0.309. The van der Waals surface area contributed by atoms with Gasteiger partial charge in [-0.15, -0.1) is 0 Å².